The van der Waals surface area contributed by atoms with E-state index >= 15 is 0 Å². The van der Waals surface area contributed by atoms with Gasteiger partial charge in [0.05, 0.1) is 25.9 Å². The van der Waals surface area contributed by atoms with E-state index in [2.05, 4.69) is 20.1 Å². The maximum atomic E-state index is 10.2. The summed E-state index contributed by atoms with van der Waals surface area (Å²) in [6, 6.07) is 9.97. The highest BCUT2D eigenvalue weighted by Crippen LogP contribution is 2.19. The number of morpholine rings is 1. The molecule has 1 aliphatic rings. The fourth-order valence-electron chi connectivity index (χ4n) is 2.87. The maximum Gasteiger partial charge on any atom is 0.180 e. The summed E-state index contributed by atoms with van der Waals surface area (Å²) < 4.78 is 11.4. The topological polar surface area (TPSA) is 83.5 Å². The molecule has 2 unspecified atom stereocenters. The van der Waals surface area contributed by atoms with Gasteiger partial charge in [0.2, 0.25) is 0 Å². The van der Waals surface area contributed by atoms with Crippen LogP contribution < -0.4 is 0 Å². The molecule has 7 nitrogen and oxygen atoms in total. The SMILES string of the molecule is CCc1nc(C2CN(CC(O)COCc3ccccc3)CCO2)n[nH]1. The quantitative estimate of drug-likeness (QED) is 0.750. The average Bonchev–Trinajstić information content (AvgIpc) is 3.12. The third-order valence-electron chi connectivity index (χ3n) is 4.21. The summed E-state index contributed by atoms with van der Waals surface area (Å²) in [6.07, 6.45) is 0.143. The number of aliphatic hydroxyl groups excluding tert-OH is 1. The first kappa shape index (κ1) is 18.0. The Hall–Kier alpha value is -1.80. The fourth-order valence-corrected chi connectivity index (χ4v) is 2.87. The van der Waals surface area contributed by atoms with Crippen molar-refractivity contribution in [1.29, 1.82) is 0 Å². The van der Waals surface area contributed by atoms with Crippen molar-refractivity contribution in [1.82, 2.24) is 20.1 Å². The molecule has 1 fully saturated rings. The van der Waals surface area contributed by atoms with E-state index in [4.69, 9.17) is 9.47 Å². The van der Waals surface area contributed by atoms with E-state index in [1.807, 2.05) is 37.3 Å². The third kappa shape index (κ3) is 5.34. The zero-order chi connectivity index (χ0) is 17.5. The lowest BCUT2D eigenvalue weighted by Gasteiger charge is -2.32. The number of hydrogen-bond acceptors (Lipinski definition) is 6. The number of nitrogens with zero attached hydrogens (tertiary/aromatic N) is 3. The summed E-state index contributed by atoms with van der Waals surface area (Å²) in [4.78, 5) is 6.62. The van der Waals surface area contributed by atoms with Crippen molar-refractivity contribution in [2.24, 2.45) is 0 Å². The van der Waals surface area contributed by atoms with Gasteiger partial charge in [-0.2, -0.15) is 5.10 Å². The van der Waals surface area contributed by atoms with Crippen LogP contribution in [0.3, 0.4) is 0 Å². The van der Waals surface area contributed by atoms with Gasteiger partial charge in [0.25, 0.3) is 0 Å². The molecule has 2 atom stereocenters. The zero-order valence-corrected chi connectivity index (χ0v) is 14.6. The second-order valence-corrected chi connectivity index (χ2v) is 6.27. The number of benzene rings is 1. The highest BCUT2D eigenvalue weighted by atomic mass is 16.5. The number of H-pyrrole nitrogens is 1. The van der Waals surface area contributed by atoms with Crippen LogP contribution in [0, 0.1) is 0 Å². The van der Waals surface area contributed by atoms with Gasteiger partial charge in [0.1, 0.15) is 11.9 Å². The molecule has 0 aliphatic carbocycles. The molecule has 1 saturated heterocycles. The Labute approximate surface area is 148 Å². The minimum absolute atomic E-state index is 0.150. The van der Waals surface area contributed by atoms with Crippen molar-refractivity contribution in [3.05, 3.63) is 47.5 Å². The molecule has 7 heteroatoms. The van der Waals surface area contributed by atoms with Crippen LogP contribution in [-0.2, 0) is 22.5 Å². The Bertz CT molecular complexity index is 634. The number of rotatable bonds is 8. The molecule has 0 saturated carbocycles. The van der Waals surface area contributed by atoms with Gasteiger partial charge in [-0.25, -0.2) is 4.98 Å². The van der Waals surface area contributed by atoms with Gasteiger partial charge in [-0.3, -0.25) is 10.00 Å². The molecule has 2 heterocycles. The Kier molecular flexibility index (Phi) is 6.52. The number of hydrogen-bond donors (Lipinski definition) is 2. The van der Waals surface area contributed by atoms with E-state index in [1.54, 1.807) is 0 Å². The third-order valence-corrected chi connectivity index (χ3v) is 4.21. The molecule has 25 heavy (non-hydrogen) atoms. The van der Waals surface area contributed by atoms with Crippen LogP contribution >= 0.6 is 0 Å². The minimum Gasteiger partial charge on any atom is -0.389 e. The molecule has 3 rings (SSSR count). The molecule has 1 aliphatic heterocycles. The smallest absolute Gasteiger partial charge is 0.180 e. The standard InChI is InChI=1S/C18H26N4O3/c1-2-17-19-18(21-20-17)16-11-22(8-9-25-16)10-15(23)13-24-12-14-6-4-3-5-7-14/h3-7,15-16,23H,2,8-13H2,1H3,(H,19,20,21). The Morgan fingerprint density at radius 2 is 2.24 bits per heavy atom. The second-order valence-electron chi connectivity index (χ2n) is 6.27. The van der Waals surface area contributed by atoms with E-state index in [1.165, 1.54) is 0 Å². The van der Waals surface area contributed by atoms with E-state index < -0.39 is 6.10 Å². The second kappa shape index (κ2) is 9.05. The van der Waals surface area contributed by atoms with Crippen LogP contribution in [-0.4, -0.2) is 64.1 Å². The Morgan fingerprint density at radius 1 is 1.40 bits per heavy atom. The van der Waals surface area contributed by atoms with Crippen LogP contribution in [0.5, 0.6) is 0 Å². The van der Waals surface area contributed by atoms with Gasteiger partial charge in [0.15, 0.2) is 5.82 Å². The van der Waals surface area contributed by atoms with Crippen molar-refractivity contribution in [3.8, 4) is 0 Å². The number of aliphatic hydroxyl groups is 1. The summed E-state index contributed by atoms with van der Waals surface area (Å²) in [5, 5.41) is 17.4. The summed E-state index contributed by atoms with van der Waals surface area (Å²) >= 11 is 0. The number of nitrogens with one attached hydrogen (secondary N) is 1. The van der Waals surface area contributed by atoms with Gasteiger partial charge in [-0.15, -0.1) is 0 Å². The molecule has 2 aromatic rings. The normalized spacial score (nSPS) is 19.8. The van der Waals surface area contributed by atoms with Crippen molar-refractivity contribution in [2.45, 2.75) is 32.2 Å². The number of aromatic amines is 1. The molecular weight excluding hydrogens is 320 g/mol. The summed E-state index contributed by atoms with van der Waals surface area (Å²) in [7, 11) is 0. The van der Waals surface area contributed by atoms with Crippen LogP contribution in [0.1, 0.15) is 30.2 Å². The zero-order valence-electron chi connectivity index (χ0n) is 14.6. The molecule has 0 spiro atoms. The van der Waals surface area contributed by atoms with Crippen molar-refractivity contribution >= 4 is 0 Å². The largest absolute Gasteiger partial charge is 0.389 e. The maximum absolute atomic E-state index is 10.2. The molecule has 0 bridgehead atoms. The lowest BCUT2D eigenvalue weighted by Crippen LogP contribution is -2.43. The monoisotopic (exact) mass is 346 g/mol. The first-order valence-electron chi connectivity index (χ1n) is 8.79. The molecule has 2 N–H and O–H groups in total. The van der Waals surface area contributed by atoms with Crippen molar-refractivity contribution in [3.63, 3.8) is 0 Å². The molecule has 0 radical (unpaired) electrons. The van der Waals surface area contributed by atoms with E-state index in [0.717, 1.165) is 24.4 Å². The van der Waals surface area contributed by atoms with Gasteiger partial charge in [-0.05, 0) is 5.56 Å². The lowest BCUT2D eigenvalue weighted by atomic mass is 10.2. The fraction of sp³-hybridized carbons (Fsp3) is 0.556. The van der Waals surface area contributed by atoms with Gasteiger partial charge in [0, 0.05) is 26.1 Å². The minimum atomic E-state index is -0.527. The van der Waals surface area contributed by atoms with Gasteiger partial charge in [-0.1, -0.05) is 37.3 Å². The first-order valence-corrected chi connectivity index (χ1v) is 8.79. The molecule has 1 aromatic heterocycles. The van der Waals surface area contributed by atoms with Crippen LogP contribution in [0.4, 0.5) is 0 Å². The van der Waals surface area contributed by atoms with Crippen molar-refractivity contribution in [2.75, 3.05) is 32.8 Å². The Balaban J connectivity index is 1.42. The van der Waals surface area contributed by atoms with Gasteiger partial charge < -0.3 is 14.6 Å². The molecule has 1 aromatic carbocycles. The number of ether oxygens (including phenoxy) is 2. The highest BCUT2D eigenvalue weighted by molar-refractivity contribution is 5.13. The van der Waals surface area contributed by atoms with Gasteiger partial charge >= 0.3 is 0 Å². The summed E-state index contributed by atoms with van der Waals surface area (Å²) in [6.45, 7) is 5.49. The number of aryl methyl sites for hydroxylation is 1. The number of aromatic nitrogens is 3. The number of β-amino-alcohol motifs (C(OH)–C–C–N with tert-alkyl or cyclic N) is 1. The first-order chi connectivity index (χ1) is 12.2. The predicted octanol–water partition coefficient (Wildman–Crippen LogP) is 1.32. The van der Waals surface area contributed by atoms with Crippen molar-refractivity contribution < 1.29 is 14.6 Å². The predicted molar refractivity (Wildman–Crippen MR) is 93.0 cm³/mol. The molecule has 136 valence electrons. The average molecular weight is 346 g/mol. The summed E-state index contributed by atoms with van der Waals surface area (Å²) in [5.74, 6) is 1.56. The van der Waals surface area contributed by atoms with E-state index in [9.17, 15) is 5.11 Å². The molecule has 0 amide bonds. The van der Waals surface area contributed by atoms with Crippen LogP contribution in [0.25, 0.3) is 0 Å². The molecular formula is C18H26N4O3. The van der Waals surface area contributed by atoms with E-state index in [0.29, 0.717) is 38.7 Å². The lowest BCUT2D eigenvalue weighted by molar-refractivity contribution is -0.0565. The summed E-state index contributed by atoms with van der Waals surface area (Å²) in [5.41, 5.74) is 1.11. The van der Waals surface area contributed by atoms with Crippen LogP contribution in [0.15, 0.2) is 30.3 Å². The highest BCUT2D eigenvalue weighted by Gasteiger charge is 2.26. The Morgan fingerprint density at radius 3 is 3.00 bits per heavy atom. The van der Waals surface area contributed by atoms with Crippen LogP contribution in [0.2, 0.25) is 0 Å². The van der Waals surface area contributed by atoms with E-state index in [-0.39, 0.29) is 6.10 Å².